The Morgan fingerprint density at radius 1 is 1.03 bits per heavy atom. The molecule has 2 unspecified atom stereocenters. The van der Waals surface area contributed by atoms with Crippen LogP contribution in [0.1, 0.15) is 56.9 Å². The average Bonchev–Trinajstić information content (AvgIpc) is 3.11. The zero-order chi connectivity index (χ0) is 22.6. The van der Waals surface area contributed by atoms with Crippen LogP contribution in [0.5, 0.6) is 0 Å². The van der Waals surface area contributed by atoms with Gasteiger partial charge >= 0.3 is 6.03 Å². The molecule has 3 N–H and O–H groups in total. The van der Waals surface area contributed by atoms with Crippen LogP contribution in [0, 0.1) is 0 Å². The summed E-state index contributed by atoms with van der Waals surface area (Å²) in [5, 5.41) is 7.23. The van der Waals surface area contributed by atoms with Crippen molar-refractivity contribution >= 4 is 40.1 Å². The lowest BCUT2D eigenvalue weighted by molar-refractivity contribution is 0.151. The normalized spacial score (nSPS) is 21.4. The Hall–Kier alpha value is -2.44. The summed E-state index contributed by atoms with van der Waals surface area (Å²) < 4.78 is 0. The number of hydrogen-bond acceptors (Lipinski definition) is 3. The lowest BCUT2D eigenvalue weighted by Gasteiger charge is -2.33. The van der Waals surface area contributed by atoms with Gasteiger partial charge in [0.15, 0.2) is 0 Å². The molecule has 2 fully saturated rings. The molecule has 33 heavy (non-hydrogen) atoms. The summed E-state index contributed by atoms with van der Waals surface area (Å²) in [5.41, 5.74) is 4.18. The molecule has 6 heteroatoms. The van der Waals surface area contributed by atoms with Crippen LogP contribution in [-0.4, -0.2) is 40.8 Å². The van der Waals surface area contributed by atoms with Gasteiger partial charge in [0.2, 0.25) is 0 Å². The number of piperidine rings is 1. The number of carbonyl (C=O) groups is 1. The van der Waals surface area contributed by atoms with Gasteiger partial charge in [-0.2, -0.15) is 0 Å². The SMILES string of the molecule is CCSc1cccc(NC(=O)Nc2ccc3[nH]cc(C4CCC5CCCCN5CC4)c3c2)c1. The molecule has 2 saturated heterocycles. The Kier molecular flexibility index (Phi) is 6.93. The summed E-state index contributed by atoms with van der Waals surface area (Å²) in [6.45, 7) is 4.61. The maximum Gasteiger partial charge on any atom is 0.323 e. The smallest absolute Gasteiger partial charge is 0.323 e. The first-order valence-corrected chi connectivity index (χ1v) is 13.3. The molecule has 2 atom stereocenters. The van der Waals surface area contributed by atoms with Gasteiger partial charge in [0.25, 0.3) is 0 Å². The molecule has 0 saturated carbocycles. The van der Waals surface area contributed by atoms with Crippen molar-refractivity contribution in [3.8, 4) is 0 Å². The van der Waals surface area contributed by atoms with Crippen molar-refractivity contribution < 1.29 is 4.79 Å². The van der Waals surface area contributed by atoms with E-state index in [1.807, 2.05) is 24.3 Å². The van der Waals surface area contributed by atoms with E-state index in [0.717, 1.165) is 33.6 Å². The van der Waals surface area contributed by atoms with E-state index >= 15 is 0 Å². The predicted octanol–water partition coefficient (Wildman–Crippen LogP) is 7.05. The summed E-state index contributed by atoms with van der Waals surface area (Å²) in [5.74, 6) is 1.58. The fraction of sp³-hybridized carbons (Fsp3) is 0.444. The molecule has 174 valence electrons. The second-order valence-corrected chi connectivity index (χ2v) is 10.6. The Morgan fingerprint density at radius 3 is 2.79 bits per heavy atom. The number of H-pyrrole nitrogens is 1. The summed E-state index contributed by atoms with van der Waals surface area (Å²) in [7, 11) is 0. The number of fused-ring (bicyclic) bond motifs is 2. The third kappa shape index (κ3) is 5.22. The van der Waals surface area contributed by atoms with Gasteiger partial charge in [0.05, 0.1) is 0 Å². The highest BCUT2D eigenvalue weighted by Crippen LogP contribution is 2.37. The van der Waals surface area contributed by atoms with E-state index in [2.05, 4.69) is 51.8 Å². The molecule has 0 bridgehead atoms. The molecule has 0 aliphatic carbocycles. The van der Waals surface area contributed by atoms with Gasteiger partial charge in [0, 0.05) is 39.4 Å². The minimum atomic E-state index is -0.212. The average molecular weight is 463 g/mol. The monoisotopic (exact) mass is 462 g/mol. The summed E-state index contributed by atoms with van der Waals surface area (Å²) in [4.78, 5) is 20.0. The number of nitrogens with one attached hydrogen (secondary N) is 3. The zero-order valence-corrected chi connectivity index (χ0v) is 20.2. The van der Waals surface area contributed by atoms with Gasteiger partial charge in [-0.25, -0.2) is 4.79 Å². The van der Waals surface area contributed by atoms with Crippen LogP contribution in [-0.2, 0) is 0 Å². The Morgan fingerprint density at radius 2 is 1.91 bits per heavy atom. The van der Waals surface area contributed by atoms with Gasteiger partial charge in [0.1, 0.15) is 0 Å². The van der Waals surface area contributed by atoms with E-state index in [4.69, 9.17) is 0 Å². The molecule has 2 aliphatic heterocycles. The van der Waals surface area contributed by atoms with Gasteiger partial charge in [-0.15, -0.1) is 11.8 Å². The number of rotatable bonds is 5. The number of aromatic amines is 1. The van der Waals surface area contributed by atoms with Gasteiger partial charge < -0.3 is 20.5 Å². The topological polar surface area (TPSA) is 60.2 Å². The molecule has 5 rings (SSSR count). The number of hydrogen-bond donors (Lipinski definition) is 3. The summed E-state index contributed by atoms with van der Waals surface area (Å²) in [6.07, 6.45) is 10.1. The highest BCUT2D eigenvalue weighted by Gasteiger charge is 2.28. The van der Waals surface area contributed by atoms with Crippen molar-refractivity contribution in [2.24, 2.45) is 0 Å². The van der Waals surface area contributed by atoms with Crippen LogP contribution in [0.3, 0.4) is 0 Å². The maximum atomic E-state index is 12.7. The first kappa shape index (κ1) is 22.4. The number of nitrogens with zero attached hydrogens (tertiary/aromatic N) is 1. The second-order valence-electron chi connectivity index (χ2n) is 9.29. The van der Waals surface area contributed by atoms with Crippen molar-refractivity contribution in [3.05, 3.63) is 54.2 Å². The Bertz CT molecular complexity index is 1090. The van der Waals surface area contributed by atoms with Crippen LogP contribution >= 0.6 is 11.8 Å². The molecule has 2 aromatic carbocycles. The molecular weight excluding hydrogens is 428 g/mol. The number of urea groups is 1. The molecule has 0 spiro atoms. The molecule has 0 radical (unpaired) electrons. The summed E-state index contributed by atoms with van der Waals surface area (Å²) in [6, 6.07) is 14.7. The van der Waals surface area contributed by atoms with Gasteiger partial charge in [-0.1, -0.05) is 19.4 Å². The molecule has 3 aromatic rings. The molecule has 2 aliphatic rings. The van der Waals surface area contributed by atoms with Crippen LogP contribution in [0.4, 0.5) is 16.2 Å². The van der Waals surface area contributed by atoms with Crippen LogP contribution in [0.15, 0.2) is 53.6 Å². The van der Waals surface area contributed by atoms with Crippen molar-refractivity contribution in [1.82, 2.24) is 9.88 Å². The van der Waals surface area contributed by atoms with Crippen LogP contribution < -0.4 is 10.6 Å². The number of benzene rings is 2. The van der Waals surface area contributed by atoms with Crippen molar-refractivity contribution in [3.63, 3.8) is 0 Å². The number of carbonyl (C=O) groups excluding carboxylic acids is 1. The molecule has 1 aromatic heterocycles. The largest absolute Gasteiger partial charge is 0.361 e. The van der Waals surface area contributed by atoms with E-state index in [1.54, 1.807) is 11.8 Å². The first-order chi connectivity index (χ1) is 16.2. The molecule has 3 heterocycles. The second kappa shape index (κ2) is 10.2. The third-order valence-electron chi connectivity index (χ3n) is 7.18. The van der Waals surface area contributed by atoms with Crippen molar-refractivity contribution in [1.29, 1.82) is 0 Å². The highest BCUT2D eigenvalue weighted by atomic mass is 32.2. The minimum absolute atomic E-state index is 0.212. The number of aromatic nitrogens is 1. The van der Waals surface area contributed by atoms with E-state index in [0.29, 0.717) is 5.92 Å². The highest BCUT2D eigenvalue weighted by molar-refractivity contribution is 7.99. The van der Waals surface area contributed by atoms with Crippen LogP contribution in [0.25, 0.3) is 10.9 Å². The Balaban J connectivity index is 1.29. The predicted molar refractivity (Wildman–Crippen MR) is 140 cm³/mol. The fourth-order valence-corrected chi connectivity index (χ4v) is 6.25. The van der Waals surface area contributed by atoms with E-state index in [9.17, 15) is 4.79 Å². The molecule has 2 amide bonds. The number of anilines is 2. The molecule has 5 nitrogen and oxygen atoms in total. The fourth-order valence-electron chi connectivity index (χ4n) is 5.53. The zero-order valence-electron chi connectivity index (χ0n) is 19.4. The van der Waals surface area contributed by atoms with E-state index in [-0.39, 0.29) is 6.03 Å². The number of amides is 2. The number of thioether (sulfide) groups is 1. The van der Waals surface area contributed by atoms with Gasteiger partial charge in [-0.05, 0) is 98.8 Å². The lowest BCUT2D eigenvalue weighted by Crippen LogP contribution is -2.38. The standard InChI is InChI=1S/C27H34N4OS/c1-2-33-23-8-5-6-20(16-23)29-27(32)30-21-10-12-26-24(17-21)25(18-28-26)19-9-11-22-7-3-4-14-31(22)15-13-19/h5-6,8,10,12,16-19,22,28H,2-4,7,9,11,13-15H2,1H3,(H2,29,30,32). The van der Waals surface area contributed by atoms with E-state index < -0.39 is 0 Å². The first-order valence-electron chi connectivity index (χ1n) is 12.4. The third-order valence-corrected chi connectivity index (χ3v) is 8.05. The quantitative estimate of drug-likeness (QED) is 0.356. The van der Waals surface area contributed by atoms with Gasteiger partial charge in [-0.3, -0.25) is 0 Å². The Labute approximate surface area is 200 Å². The van der Waals surface area contributed by atoms with Crippen LogP contribution in [0.2, 0.25) is 0 Å². The summed E-state index contributed by atoms with van der Waals surface area (Å²) >= 11 is 1.77. The minimum Gasteiger partial charge on any atom is -0.361 e. The van der Waals surface area contributed by atoms with Crippen molar-refractivity contribution in [2.45, 2.75) is 62.3 Å². The lowest BCUT2D eigenvalue weighted by atomic mass is 9.90. The maximum absolute atomic E-state index is 12.7. The van der Waals surface area contributed by atoms with Crippen molar-refractivity contribution in [2.75, 3.05) is 29.5 Å². The van der Waals surface area contributed by atoms with E-state index in [1.165, 1.54) is 62.6 Å². The molecular formula is C27H34N4OS.